The van der Waals surface area contributed by atoms with E-state index in [1.165, 1.54) is 42.6 Å². The van der Waals surface area contributed by atoms with E-state index in [1.54, 1.807) is 73.0 Å². The van der Waals surface area contributed by atoms with Crippen LogP contribution in [0.15, 0.2) is 96.9 Å². The Kier molecular flexibility index (Phi) is 18.1. The predicted molar refractivity (Wildman–Crippen MR) is 288 cm³/mol. The van der Waals surface area contributed by atoms with Gasteiger partial charge < -0.3 is 50.0 Å². The maximum Gasteiger partial charge on any atom is 0.274 e. The average molecular weight is 1080 g/mol. The number of nitrogens with zero attached hydrogens (tertiary/aromatic N) is 8. The van der Waals surface area contributed by atoms with Crippen LogP contribution in [0.1, 0.15) is 54.5 Å². The fourth-order valence-corrected chi connectivity index (χ4v) is 10.00. The lowest BCUT2D eigenvalue weighted by Gasteiger charge is -2.37. The summed E-state index contributed by atoms with van der Waals surface area (Å²) >= 11 is 1.55. The number of hydrogen-bond acceptors (Lipinski definition) is 16. The number of amides is 5. The number of carbonyl (C=O) groups is 5. The molecule has 22 heteroatoms. The molecular formula is C56H60FN11O9S. The van der Waals surface area contributed by atoms with Crippen LogP contribution in [0.3, 0.4) is 0 Å². The molecule has 78 heavy (non-hydrogen) atoms. The van der Waals surface area contributed by atoms with Crippen LogP contribution in [0.5, 0.6) is 5.75 Å². The predicted octanol–water partition coefficient (Wildman–Crippen LogP) is 5.40. The van der Waals surface area contributed by atoms with E-state index in [-0.39, 0.29) is 68.1 Å². The summed E-state index contributed by atoms with van der Waals surface area (Å²) in [5.74, 6) is -2.79. The maximum atomic E-state index is 15.0. The first kappa shape index (κ1) is 56.0. The number of anilines is 2. The second kappa shape index (κ2) is 25.3. The van der Waals surface area contributed by atoms with E-state index < -0.39 is 59.7 Å². The number of β-amino-alcohol motifs (C(OH)–C–C–N with tert-alkyl or cyclic N) is 1. The lowest BCUT2D eigenvalue weighted by Crippen LogP contribution is -2.58. The Morgan fingerprint density at radius 1 is 0.936 bits per heavy atom. The van der Waals surface area contributed by atoms with Crippen LogP contribution in [0.4, 0.5) is 15.8 Å². The zero-order valence-corrected chi connectivity index (χ0v) is 44.6. The van der Waals surface area contributed by atoms with Crippen LogP contribution in [-0.4, -0.2) is 149 Å². The molecule has 6 aromatic rings. The Hall–Kier alpha value is -8.23. The van der Waals surface area contributed by atoms with Gasteiger partial charge in [0.1, 0.15) is 42.6 Å². The number of pyridine rings is 1. The third-order valence-corrected chi connectivity index (χ3v) is 14.3. The van der Waals surface area contributed by atoms with Gasteiger partial charge in [-0.15, -0.1) is 11.3 Å². The lowest BCUT2D eigenvalue weighted by atomic mass is 9.85. The van der Waals surface area contributed by atoms with Crippen molar-refractivity contribution in [3.8, 4) is 44.8 Å². The van der Waals surface area contributed by atoms with E-state index in [0.29, 0.717) is 54.2 Å². The summed E-state index contributed by atoms with van der Waals surface area (Å²) in [6.07, 6.45) is 3.61. The van der Waals surface area contributed by atoms with Crippen LogP contribution in [0, 0.1) is 29.5 Å². The van der Waals surface area contributed by atoms with E-state index in [1.807, 2.05) is 42.2 Å². The number of aryl methyl sites for hydroxylation is 1. The highest BCUT2D eigenvalue weighted by Gasteiger charge is 2.44. The monoisotopic (exact) mass is 1080 g/mol. The number of aromatic nitrogens is 4. The lowest BCUT2D eigenvalue weighted by molar-refractivity contribution is -0.144. The van der Waals surface area contributed by atoms with Crippen molar-refractivity contribution in [1.82, 2.24) is 40.4 Å². The van der Waals surface area contributed by atoms with E-state index >= 15 is 0 Å². The van der Waals surface area contributed by atoms with E-state index in [0.717, 1.165) is 21.7 Å². The van der Waals surface area contributed by atoms with Crippen molar-refractivity contribution in [3.05, 3.63) is 125 Å². The molecule has 0 spiro atoms. The molecule has 4 N–H and O–H groups in total. The number of nitrogens with one attached hydrogen (secondary N) is 3. The molecule has 2 fully saturated rings. The minimum atomic E-state index is -1.05. The molecule has 0 unspecified atom stereocenters. The van der Waals surface area contributed by atoms with Crippen LogP contribution < -0.4 is 25.6 Å². The number of hydrogen-bond donors (Lipinski definition) is 4. The minimum absolute atomic E-state index is 0.00442. The highest BCUT2D eigenvalue weighted by atomic mass is 32.1. The van der Waals surface area contributed by atoms with Gasteiger partial charge in [-0.3, -0.25) is 29.0 Å². The third-order valence-electron chi connectivity index (χ3n) is 13.3. The first-order chi connectivity index (χ1) is 37.5. The number of likely N-dealkylation sites (tertiary alicyclic amines) is 1. The summed E-state index contributed by atoms with van der Waals surface area (Å²) < 4.78 is 31.5. The molecule has 3 aromatic carbocycles. The third kappa shape index (κ3) is 13.5. The molecule has 0 bridgehead atoms. The van der Waals surface area contributed by atoms with Crippen molar-refractivity contribution in [2.45, 2.75) is 58.8 Å². The molecule has 20 nitrogen and oxygen atoms in total. The number of aliphatic hydroxyl groups excluding tert-OH is 1. The van der Waals surface area contributed by atoms with Gasteiger partial charge in [0, 0.05) is 69.8 Å². The molecule has 406 valence electrons. The van der Waals surface area contributed by atoms with Crippen molar-refractivity contribution >= 4 is 52.2 Å². The zero-order valence-electron chi connectivity index (χ0n) is 43.8. The molecular weight excluding hydrogens is 1020 g/mol. The minimum Gasteiger partial charge on any atom is -0.496 e. The number of nitriles is 1. The van der Waals surface area contributed by atoms with Crippen LogP contribution in [-0.2, 0) is 35.2 Å². The summed E-state index contributed by atoms with van der Waals surface area (Å²) in [5.41, 5.74) is 6.53. The van der Waals surface area contributed by atoms with Gasteiger partial charge in [-0.2, -0.15) is 5.26 Å². The second-order valence-electron chi connectivity index (χ2n) is 19.7. The quantitative estimate of drug-likeness (QED) is 0.0741. The maximum absolute atomic E-state index is 15.0. The number of halogens is 1. The number of aliphatic hydroxyl groups is 1. The van der Waals surface area contributed by atoms with Gasteiger partial charge in [-0.05, 0) is 65.4 Å². The summed E-state index contributed by atoms with van der Waals surface area (Å²) in [4.78, 5) is 91.1. The number of benzene rings is 3. The Morgan fingerprint density at radius 3 is 2.38 bits per heavy atom. The normalized spacial score (nSPS) is 15.8. The van der Waals surface area contributed by atoms with Gasteiger partial charge in [-0.1, -0.05) is 57.2 Å². The molecule has 3 aromatic heterocycles. The Balaban J connectivity index is 0.810. The largest absolute Gasteiger partial charge is 0.496 e. The van der Waals surface area contributed by atoms with Gasteiger partial charge in [0.05, 0.1) is 71.1 Å². The standard InChI is InChI=1S/C56H60FN11O9S/c1-34-50(78-33-62-34)36-11-9-35(10-12-36)28-61-54(73)45-26-39(69)30-68(45)55(74)51(56(2,3)4)65-47(70)31-76-23-24-77-32-48(71)67-21-19-66(20-22-67)44-25-37(40-29-59-17-15-38(40)27-58)13-14-42(44)64-53(72)43-16-18-60-52(63-43)49-41(57)7-6-8-46(49)75-5/h6-18,25,29,33,39,45,51,69H,19-24,26,28,30-32H2,1-5H3,(H,61,73)(H,64,72)(H,65,70)/t39-,45+,51-/m1/s1. The van der Waals surface area contributed by atoms with E-state index in [9.17, 15) is 38.7 Å². The summed E-state index contributed by atoms with van der Waals surface area (Å²) in [7, 11) is 1.40. The van der Waals surface area contributed by atoms with Crippen molar-refractivity contribution < 1.29 is 47.7 Å². The SMILES string of the molecule is COc1cccc(F)c1-c1nccc(C(=O)Nc2ccc(-c3cnccc3C#N)cc2N2CCN(C(=O)COCCOCC(=O)N[C@H](C(=O)N3C[C@H](O)C[C@H]3C(=O)NCc3ccc(-c4scnc4C)cc3)C(C)(C)C)CC2)n1. The Morgan fingerprint density at radius 2 is 1.68 bits per heavy atom. The highest BCUT2D eigenvalue weighted by molar-refractivity contribution is 7.13. The number of methoxy groups -OCH3 is 1. The summed E-state index contributed by atoms with van der Waals surface area (Å²) in [5, 5.41) is 29.1. The topological polar surface area (TPSA) is 254 Å². The summed E-state index contributed by atoms with van der Waals surface area (Å²) in [6.45, 7) is 8.15. The Bertz CT molecular complexity index is 3190. The van der Waals surface area contributed by atoms with Crippen molar-refractivity contribution in [1.29, 1.82) is 5.26 Å². The van der Waals surface area contributed by atoms with E-state index in [4.69, 9.17) is 14.2 Å². The molecule has 2 saturated heterocycles. The van der Waals surface area contributed by atoms with Crippen LogP contribution >= 0.6 is 11.3 Å². The Labute approximate surface area is 454 Å². The molecule has 2 aliphatic rings. The zero-order chi connectivity index (χ0) is 55.5. The van der Waals surface area contributed by atoms with Gasteiger partial charge >= 0.3 is 0 Å². The fraction of sp³-hybridized carbons (Fsp3) is 0.357. The molecule has 5 amide bonds. The van der Waals surface area contributed by atoms with Gasteiger partial charge in [-0.25, -0.2) is 19.3 Å². The molecule has 2 aliphatic heterocycles. The molecule has 5 heterocycles. The molecule has 8 rings (SSSR count). The number of piperazine rings is 1. The van der Waals surface area contributed by atoms with Gasteiger partial charge in [0.2, 0.25) is 23.6 Å². The van der Waals surface area contributed by atoms with Crippen LogP contribution in [0.2, 0.25) is 0 Å². The number of ether oxygens (including phenoxy) is 3. The molecule has 0 radical (unpaired) electrons. The number of thiazole rings is 1. The number of rotatable bonds is 19. The summed E-state index contributed by atoms with van der Waals surface area (Å²) in [6, 6.07) is 20.6. The van der Waals surface area contributed by atoms with Crippen molar-refractivity contribution in [2.24, 2.45) is 5.41 Å². The molecule has 3 atom stereocenters. The number of carbonyl (C=O) groups excluding carboxylic acids is 5. The smallest absolute Gasteiger partial charge is 0.274 e. The van der Waals surface area contributed by atoms with Gasteiger partial charge in [0.15, 0.2) is 5.82 Å². The average Bonchev–Trinajstić information content (AvgIpc) is 4.13. The van der Waals surface area contributed by atoms with Crippen molar-refractivity contribution in [3.63, 3.8) is 0 Å². The fourth-order valence-electron chi connectivity index (χ4n) is 9.19. The molecule has 0 aliphatic carbocycles. The van der Waals surface area contributed by atoms with Crippen molar-refractivity contribution in [2.75, 3.05) is 76.5 Å². The van der Waals surface area contributed by atoms with Gasteiger partial charge in [0.25, 0.3) is 5.91 Å². The van der Waals surface area contributed by atoms with Crippen LogP contribution in [0.25, 0.3) is 33.0 Å². The van der Waals surface area contributed by atoms with E-state index in [2.05, 4.69) is 42.0 Å². The second-order valence-corrected chi connectivity index (χ2v) is 20.6. The highest BCUT2D eigenvalue weighted by Crippen LogP contribution is 2.35. The first-order valence-electron chi connectivity index (χ1n) is 25.2. The first-order valence-corrected chi connectivity index (χ1v) is 26.1. The molecule has 0 saturated carbocycles.